The van der Waals surface area contributed by atoms with Gasteiger partial charge in [0.25, 0.3) is 0 Å². The molecule has 1 aliphatic heterocycles. The summed E-state index contributed by atoms with van der Waals surface area (Å²) in [5, 5.41) is 4.59. The predicted molar refractivity (Wildman–Crippen MR) is 82.6 cm³/mol. The lowest BCUT2D eigenvalue weighted by molar-refractivity contribution is 0.580. The molecule has 1 saturated heterocycles. The van der Waals surface area contributed by atoms with Crippen LogP contribution in [0, 0.1) is 0 Å². The van der Waals surface area contributed by atoms with E-state index < -0.39 is 0 Å². The molecule has 6 heteroatoms. The number of aromatic nitrogens is 2. The van der Waals surface area contributed by atoms with Gasteiger partial charge in [0, 0.05) is 43.0 Å². The van der Waals surface area contributed by atoms with E-state index in [0.29, 0.717) is 10.0 Å². The highest BCUT2D eigenvalue weighted by molar-refractivity contribution is 6.35. The van der Waals surface area contributed by atoms with E-state index in [9.17, 15) is 0 Å². The summed E-state index contributed by atoms with van der Waals surface area (Å²) in [6.07, 6.45) is 1.76. The molecule has 0 spiro atoms. The number of rotatable bonds is 2. The smallest absolute Gasteiger partial charge is 0.225 e. The van der Waals surface area contributed by atoms with Gasteiger partial charge in [-0.1, -0.05) is 23.2 Å². The van der Waals surface area contributed by atoms with E-state index in [1.54, 1.807) is 18.3 Å². The van der Waals surface area contributed by atoms with Gasteiger partial charge >= 0.3 is 0 Å². The molecule has 3 rings (SSSR count). The van der Waals surface area contributed by atoms with Gasteiger partial charge < -0.3 is 10.2 Å². The van der Waals surface area contributed by atoms with Crippen molar-refractivity contribution in [2.45, 2.75) is 0 Å². The molecule has 104 valence electrons. The molecule has 2 aromatic rings. The third-order valence-corrected chi connectivity index (χ3v) is 3.81. The van der Waals surface area contributed by atoms with Gasteiger partial charge in [-0.2, -0.15) is 0 Å². The number of nitrogens with one attached hydrogen (secondary N) is 1. The van der Waals surface area contributed by atoms with E-state index in [-0.39, 0.29) is 0 Å². The molecule has 0 aliphatic carbocycles. The topological polar surface area (TPSA) is 41.1 Å². The third-order valence-electron chi connectivity index (χ3n) is 3.25. The van der Waals surface area contributed by atoms with Crippen LogP contribution < -0.4 is 10.2 Å². The van der Waals surface area contributed by atoms with Gasteiger partial charge in [-0.3, -0.25) is 0 Å². The maximum Gasteiger partial charge on any atom is 0.225 e. The molecular formula is C14H14Cl2N4. The fourth-order valence-electron chi connectivity index (χ4n) is 2.21. The summed E-state index contributed by atoms with van der Waals surface area (Å²) in [5.41, 5.74) is 1.62. The summed E-state index contributed by atoms with van der Waals surface area (Å²) >= 11 is 12.3. The Morgan fingerprint density at radius 3 is 2.70 bits per heavy atom. The summed E-state index contributed by atoms with van der Waals surface area (Å²) in [6, 6.07) is 7.23. The highest BCUT2D eigenvalue weighted by Crippen LogP contribution is 2.29. The molecule has 1 N–H and O–H groups in total. The summed E-state index contributed by atoms with van der Waals surface area (Å²) in [5.74, 6) is 0.736. The first-order chi connectivity index (χ1) is 9.74. The molecule has 0 bridgehead atoms. The maximum absolute atomic E-state index is 6.23. The van der Waals surface area contributed by atoms with E-state index in [1.807, 2.05) is 12.1 Å². The van der Waals surface area contributed by atoms with E-state index in [1.165, 1.54) is 0 Å². The van der Waals surface area contributed by atoms with E-state index >= 15 is 0 Å². The van der Waals surface area contributed by atoms with E-state index in [0.717, 1.165) is 43.4 Å². The van der Waals surface area contributed by atoms with Gasteiger partial charge in [-0.25, -0.2) is 9.97 Å². The lowest BCUT2D eigenvalue weighted by atomic mass is 10.1. The third kappa shape index (κ3) is 2.87. The number of piperazine rings is 1. The first-order valence-corrected chi connectivity index (χ1v) is 7.24. The minimum atomic E-state index is 0.638. The Hall–Kier alpha value is -1.36. The highest BCUT2D eigenvalue weighted by Gasteiger charge is 2.14. The number of hydrogen-bond donors (Lipinski definition) is 1. The van der Waals surface area contributed by atoms with Crippen LogP contribution in [0.4, 0.5) is 5.95 Å². The van der Waals surface area contributed by atoms with Gasteiger partial charge in [0.2, 0.25) is 5.95 Å². The van der Waals surface area contributed by atoms with Crippen molar-refractivity contribution < 1.29 is 0 Å². The van der Waals surface area contributed by atoms with Gasteiger partial charge in [-0.05, 0) is 24.3 Å². The van der Waals surface area contributed by atoms with Crippen LogP contribution in [0.15, 0.2) is 30.5 Å². The van der Waals surface area contributed by atoms with Gasteiger partial charge in [0.05, 0.1) is 10.7 Å². The molecule has 0 unspecified atom stereocenters. The Bertz CT molecular complexity index is 612. The molecule has 1 aromatic heterocycles. The van der Waals surface area contributed by atoms with Crippen LogP contribution >= 0.6 is 23.2 Å². The van der Waals surface area contributed by atoms with E-state index in [2.05, 4.69) is 20.2 Å². The number of hydrogen-bond acceptors (Lipinski definition) is 4. The van der Waals surface area contributed by atoms with Crippen molar-refractivity contribution in [1.82, 2.24) is 15.3 Å². The second kappa shape index (κ2) is 5.95. The zero-order valence-corrected chi connectivity index (χ0v) is 12.3. The molecule has 1 aromatic carbocycles. The van der Waals surface area contributed by atoms with E-state index in [4.69, 9.17) is 23.2 Å². The largest absolute Gasteiger partial charge is 0.338 e. The summed E-state index contributed by atoms with van der Waals surface area (Å²) in [6.45, 7) is 3.72. The Kier molecular flexibility index (Phi) is 4.05. The molecule has 4 nitrogen and oxygen atoms in total. The lowest BCUT2D eigenvalue weighted by Gasteiger charge is -2.27. The van der Waals surface area contributed by atoms with Crippen LogP contribution in [0.25, 0.3) is 11.3 Å². The second-order valence-electron chi connectivity index (χ2n) is 4.60. The van der Waals surface area contributed by atoms with Crippen molar-refractivity contribution in [2.24, 2.45) is 0 Å². The zero-order valence-electron chi connectivity index (χ0n) is 10.8. The Morgan fingerprint density at radius 2 is 1.90 bits per heavy atom. The number of benzene rings is 1. The zero-order chi connectivity index (χ0) is 13.9. The minimum absolute atomic E-state index is 0.638. The average Bonchev–Trinajstić information content (AvgIpc) is 2.51. The summed E-state index contributed by atoms with van der Waals surface area (Å²) in [4.78, 5) is 11.1. The van der Waals surface area contributed by atoms with Crippen LogP contribution in [0.5, 0.6) is 0 Å². The molecular weight excluding hydrogens is 295 g/mol. The van der Waals surface area contributed by atoms with Crippen LogP contribution in [0.1, 0.15) is 0 Å². The molecule has 1 fully saturated rings. The van der Waals surface area contributed by atoms with Crippen molar-refractivity contribution in [3.05, 3.63) is 40.5 Å². The van der Waals surface area contributed by atoms with Crippen molar-refractivity contribution in [3.63, 3.8) is 0 Å². The number of anilines is 1. The molecule has 1 aliphatic rings. The summed E-state index contributed by atoms with van der Waals surface area (Å²) < 4.78 is 0. The Labute approximate surface area is 127 Å². The summed E-state index contributed by atoms with van der Waals surface area (Å²) in [7, 11) is 0. The van der Waals surface area contributed by atoms with Crippen molar-refractivity contribution in [3.8, 4) is 11.3 Å². The van der Waals surface area contributed by atoms with Crippen molar-refractivity contribution in [2.75, 3.05) is 31.1 Å². The predicted octanol–water partition coefficient (Wildman–Crippen LogP) is 2.86. The highest BCUT2D eigenvalue weighted by atomic mass is 35.5. The fraction of sp³-hybridized carbons (Fsp3) is 0.286. The minimum Gasteiger partial charge on any atom is -0.338 e. The normalized spacial score (nSPS) is 15.4. The van der Waals surface area contributed by atoms with Crippen LogP contribution in [0.3, 0.4) is 0 Å². The van der Waals surface area contributed by atoms with Crippen LogP contribution in [0.2, 0.25) is 10.0 Å². The second-order valence-corrected chi connectivity index (χ2v) is 5.45. The molecule has 20 heavy (non-hydrogen) atoms. The fourth-order valence-corrected chi connectivity index (χ4v) is 2.60. The molecule has 0 atom stereocenters. The van der Waals surface area contributed by atoms with Gasteiger partial charge in [-0.15, -0.1) is 0 Å². The molecule has 0 saturated carbocycles. The van der Waals surface area contributed by atoms with Gasteiger partial charge in [0.1, 0.15) is 0 Å². The first kappa shape index (κ1) is 13.6. The molecule has 2 heterocycles. The SMILES string of the molecule is Clc1ccc(Cl)c(-c2ccnc(N3CCNCC3)n2)c1. The van der Waals surface area contributed by atoms with Crippen LogP contribution in [-0.2, 0) is 0 Å². The van der Waals surface area contributed by atoms with Crippen LogP contribution in [-0.4, -0.2) is 36.1 Å². The lowest BCUT2D eigenvalue weighted by Crippen LogP contribution is -2.44. The average molecular weight is 309 g/mol. The number of halogens is 2. The Morgan fingerprint density at radius 1 is 1.10 bits per heavy atom. The first-order valence-electron chi connectivity index (χ1n) is 6.48. The Balaban J connectivity index is 1.96. The number of nitrogens with zero attached hydrogens (tertiary/aromatic N) is 3. The maximum atomic E-state index is 6.23. The van der Waals surface area contributed by atoms with Crippen molar-refractivity contribution in [1.29, 1.82) is 0 Å². The quantitative estimate of drug-likeness (QED) is 0.926. The standard InChI is InChI=1S/C14H14Cl2N4/c15-10-1-2-12(16)11(9-10)13-3-4-18-14(19-13)20-7-5-17-6-8-20/h1-4,9,17H,5-8H2. The van der Waals surface area contributed by atoms with Crippen molar-refractivity contribution >= 4 is 29.2 Å². The molecule has 0 amide bonds. The van der Waals surface area contributed by atoms with Gasteiger partial charge in [0.15, 0.2) is 0 Å². The monoisotopic (exact) mass is 308 g/mol. The molecule has 0 radical (unpaired) electrons.